The average Bonchev–Trinajstić information content (AvgIpc) is 3.56. The third kappa shape index (κ3) is 5.47. The fourth-order valence-corrected chi connectivity index (χ4v) is 5.38. The number of carbonyl (C=O) groups is 2. The lowest BCUT2D eigenvalue weighted by atomic mass is 9.77. The minimum absolute atomic E-state index is 0.0560. The predicted octanol–water partition coefficient (Wildman–Crippen LogP) is 0.864. The van der Waals surface area contributed by atoms with Crippen molar-refractivity contribution in [3.05, 3.63) is 34.9 Å². The van der Waals surface area contributed by atoms with Crippen LogP contribution in [-0.4, -0.2) is 89.8 Å². The van der Waals surface area contributed by atoms with E-state index in [1.54, 1.807) is 23.1 Å². The van der Waals surface area contributed by atoms with Gasteiger partial charge in [0.25, 0.3) is 5.91 Å². The Labute approximate surface area is 217 Å². The van der Waals surface area contributed by atoms with Crippen LogP contribution in [0.2, 0.25) is 0 Å². The number of rotatable bonds is 10. The molecule has 1 aliphatic carbocycles. The molecule has 0 saturated carbocycles. The van der Waals surface area contributed by atoms with E-state index in [4.69, 9.17) is 14.2 Å². The lowest BCUT2D eigenvalue weighted by molar-refractivity contribution is -0.146. The number of aliphatic hydroxyl groups is 3. The smallest absolute Gasteiger partial charge is 0.252 e. The van der Waals surface area contributed by atoms with Crippen molar-refractivity contribution in [2.24, 2.45) is 5.92 Å². The number of fused-ring (bicyclic) bond motifs is 3. The first-order valence-corrected chi connectivity index (χ1v) is 13.0. The minimum atomic E-state index is -1.13. The van der Waals surface area contributed by atoms with E-state index >= 15 is 0 Å². The number of aliphatic hydroxyl groups excluding tert-OH is 3. The molecule has 1 fully saturated rings. The minimum Gasteiger partial charge on any atom is -0.493 e. The molecule has 0 spiro atoms. The van der Waals surface area contributed by atoms with Crippen molar-refractivity contribution >= 4 is 11.8 Å². The van der Waals surface area contributed by atoms with Crippen LogP contribution in [0.1, 0.15) is 50.2 Å². The van der Waals surface area contributed by atoms with E-state index < -0.39 is 36.2 Å². The van der Waals surface area contributed by atoms with Crippen LogP contribution in [0.4, 0.5) is 0 Å². The van der Waals surface area contributed by atoms with E-state index in [0.29, 0.717) is 60.1 Å². The van der Waals surface area contributed by atoms with Gasteiger partial charge in [-0.3, -0.25) is 9.59 Å². The third-order valence-corrected chi connectivity index (χ3v) is 7.29. The number of nitrogens with one attached hydrogen (secondary N) is 1. The Morgan fingerprint density at radius 3 is 2.68 bits per heavy atom. The quantitative estimate of drug-likeness (QED) is 0.358. The SMILES string of the molecule is COc1cc(CO)cc2c1O[C@@H]1[C@@H](O)[C@H](N(CCC(C)C)C(=O)C3CCCO3)C=C(C(=O)NCCO)[C@H]21. The van der Waals surface area contributed by atoms with Gasteiger partial charge in [-0.05, 0) is 49.0 Å². The number of methoxy groups -OCH3 is 1. The zero-order valence-electron chi connectivity index (χ0n) is 21.7. The first-order chi connectivity index (χ1) is 17.8. The molecule has 1 saturated heterocycles. The topological polar surface area (TPSA) is 138 Å². The van der Waals surface area contributed by atoms with Crippen molar-refractivity contribution in [3.8, 4) is 11.5 Å². The van der Waals surface area contributed by atoms with Crippen molar-refractivity contribution in [3.63, 3.8) is 0 Å². The van der Waals surface area contributed by atoms with Gasteiger partial charge in [0.1, 0.15) is 18.3 Å². The van der Waals surface area contributed by atoms with Gasteiger partial charge < -0.3 is 39.7 Å². The van der Waals surface area contributed by atoms with Crippen molar-refractivity contribution < 1.29 is 39.1 Å². The van der Waals surface area contributed by atoms with Gasteiger partial charge in [0.2, 0.25) is 5.91 Å². The highest BCUT2D eigenvalue weighted by Crippen LogP contribution is 2.51. The van der Waals surface area contributed by atoms with Crippen LogP contribution in [0.25, 0.3) is 0 Å². The Kier molecular flexibility index (Phi) is 8.74. The number of ether oxygens (including phenoxy) is 3. The molecule has 3 aliphatic rings. The summed E-state index contributed by atoms with van der Waals surface area (Å²) in [5.41, 5.74) is 1.54. The zero-order valence-corrected chi connectivity index (χ0v) is 21.7. The van der Waals surface area contributed by atoms with Gasteiger partial charge in [-0.25, -0.2) is 0 Å². The van der Waals surface area contributed by atoms with Crippen molar-refractivity contribution in [2.45, 2.75) is 70.0 Å². The fourth-order valence-electron chi connectivity index (χ4n) is 5.38. The number of benzene rings is 1. The lowest BCUT2D eigenvalue weighted by Crippen LogP contribution is -2.57. The van der Waals surface area contributed by atoms with Gasteiger partial charge >= 0.3 is 0 Å². The lowest BCUT2D eigenvalue weighted by Gasteiger charge is -2.41. The Hall–Kier alpha value is -2.66. The van der Waals surface area contributed by atoms with E-state index in [1.807, 2.05) is 0 Å². The summed E-state index contributed by atoms with van der Waals surface area (Å²) >= 11 is 0. The summed E-state index contributed by atoms with van der Waals surface area (Å²) in [7, 11) is 1.49. The van der Waals surface area contributed by atoms with E-state index in [1.165, 1.54) is 7.11 Å². The monoisotopic (exact) mass is 518 g/mol. The Morgan fingerprint density at radius 2 is 2.05 bits per heavy atom. The van der Waals surface area contributed by atoms with E-state index in [2.05, 4.69) is 19.2 Å². The molecule has 0 bridgehead atoms. The first kappa shape index (κ1) is 27.4. The summed E-state index contributed by atoms with van der Waals surface area (Å²) in [6.07, 6.45) is 1.21. The largest absolute Gasteiger partial charge is 0.493 e. The molecule has 10 heteroatoms. The fraction of sp³-hybridized carbons (Fsp3) is 0.630. The van der Waals surface area contributed by atoms with E-state index in [9.17, 15) is 24.9 Å². The highest BCUT2D eigenvalue weighted by Gasteiger charge is 2.52. The van der Waals surface area contributed by atoms with Gasteiger partial charge in [-0.2, -0.15) is 0 Å². The molecule has 5 atom stereocenters. The molecular weight excluding hydrogens is 480 g/mol. The van der Waals surface area contributed by atoms with Crippen molar-refractivity contribution in [2.75, 3.05) is 33.4 Å². The summed E-state index contributed by atoms with van der Waals surface area (Å²) in [6.45, 7) is 4.62. The summed E-state index contributed by atoms with van der Waals surface area (Å²) < 4.78 is 17.4. The van der Waals surface area contributed by atoms with Gasteiger partial charge in [-0.15, -0.1) is 0 Å². The van der Waals surface area contributed by atoms with Gasteiger partial charge in [0.05, 0.1) is 32.3 Å². The first-order valence-electron chi connectivity index (χ1n) is 13.0. The molecule has 1 aromatic rings. The van der Waals surface area contributed by atoms with Crippen molar-refractivity contribution in [1.82, 2.24) is 10.2 Å². The summed E-state index contributed by atoms with van der Waals surface area (Å²) in [5, 5.41) is 33.4. The second-order valence-electron chi connectivity index (χ2n) is 10.2. The summed E-state index contributed by atoms with van der Waals surface area (Å²) in [4.78, 5) is 28.6. The number of hydrogen-bond acceptors (Lipinski definition) is 8. The molecule has 4 rings (SSSR count). The summed E-state index contributed by atoms with van der Waals surface area (Å²) in [6, 6.07) is 2.59. The predicted molar refractivity (Wildman–Crippen MR) is 134 cm³/mol. The average molecular weight is 519 g/mol. The molecule has 0 radical (unpaired) electrons. The molecule has 1 aromatic carbocycles. The second-order valence-corrected chi connectivity index (χ2v) is 10.2. The maximum absolute atomic E-state index is 13.6. The Morgan fingerprint density at radius 1 is 1.27 bits per heavy atom. The molecule has 2 aliphatic heterocycles. The molecule has 204 valence electrons. The molecule has 37 heavy (non-hydrogen) atoms. The van der Waals surface area contributed by atoms with Gasteiger partial charge in [0, 0.05) is 30.8 Å². The highest BCUT2D eigenvalue weighted by molar-refractivity contribution is 5.96. The number of nitrogens with zero attached hydrogens (tertiary/aromatic N) is 1. The van der Waals surface area contributed by atoms with Gasteiger partial charge in [-0.1, -0.05) is 13.8 Å². The van der Waals surface area contributed by atoms with Crippen LogP contribution in [0.15, 0.2) is 23.8 Å². The molecule has 1 unspecified atom stereocenters. The van der Waals surface area contributed by atoms with Crippen LogP contribution < -0.4 is 14.8 Å². The molecule has 2 amide bonds. The van der Waals surface area contributed by atoms with Crippen LogP contribution >= 0.6 is 0 Å². The zero-order chi connectivity index (χ0) is 26.7. The highest BCUT2D eigenvalue weighted by atomic mass is 16.5. The van der Waals surface area contributed by atoms with Crippen LogP contribution in [0, 0.1) is 5.92 Å². The summed E-state index contributed by atoms with van der Waals surface area (Å²) in [5.74, 6) is -0.166. The van der Waals surface area contributed by atoms with Crippen LogP contribution in [0.3, 0.4) is 0 Å². The molecular formula is C27H38N2O8. The van der Waals surface area contributed by atoms with Crippen LogP contribution in [-0.2, 0) is 20.9 Å². The standard InChI is InChI=1S/C27H38N2O8/c1-15(2)6-8-29(27(34)20-5-4-10-36-20)19-13-18(26(33)28-7-9-30)22-17-11-16(14-31)12-21(35-3)24(17)37-25(22)23(19)32/h11-13,15,19-20,22-23,25,30-32H,4-10,14H2,1-3H3,(H,28,33)/t19-,20?,22+,23+,25+/m1/s1. The molecule has 4 N–H and O–H groups in total. The Bertz CT molecular complexity index is 1020. The number of hydrogen-bond donors (Lipinski definition) is 4. The van der Waals surface area contributed by atoms with E-state index in [-0.39, 0.29) is 25.7 Å². The third-order valence-electron chi connectivity index (χ3n) is 7.29. The maximum Gasteiger partial charge on any atom is 0.252 e. The second kappa shape index (κ2) is 11.8. The van der Waals surface area contributed by atoms with Crippen molar-refractivity contribution in [1.29, 1.82) is 0 Å². The maximum atomic E-state index is 13.6. The molecule has 0 aromatic heterocycles. The normalized spacial score (nSPS) is 26.2. The Balaban J connectivity index is 1.78. The molecule has 2 heterocycles. The molecule has 10 nitrogen and oxygen atoms in total. The van der Waals surface area contributed by atoms with Gasteiger partial charge in [0.15, 0.2) is 11.5 Å². The number of carbonyl (C=O) groups excluding carboxylic acids is 2. The number of amides is 2. The van der Waals surface area contributed by atoms with Crippen LogP contribution in [0.5, 0.6) is 11.5 Å². The van der Waals surface area contributed by atoms with E-state index in [0.717, 1.165) is 6.42 Å².